The second-order valence-corrected chi connectivity index (χ2v) is 6.39. The van der Waals surface area contributed by atoms with E-state index in [0.717, 1.165) is 48.5 Å². The summed E-state index contributed by atoms with van der Waals surface area (Å²) in [6.07, 6.45) is 2.76. The lowest BCUT2D eigenvalue weighted by molar-refractivity contribution is 0.00824. The molecule has 0 aliphatic rings. The molecule has 0 amide bonds. The molecule has 0 unspecified atom stereocenters. The van der Waals surface area contributed by atoms with Crippen LogP contribution in [0.5, 0.6) is 0 Å². The Kier molecular flexibility index (Phi) is 4.94. The van der Waals surface area contributed by atoms with E-state index in [1.54, 1.807) is 7.11 Å². The fourth-order valence-corrected chi connectivity index (χ4v) is 2.75. The first kappa shape index (κ1) is 16.3. The van der Waals surface area contributed by atoms with Gasteiger partial charge >= 0.3 is 0 Å². The lowest BCUT2D eigenvalue weighted by Gasteiger charge is -2.24. The van der Waals surface area contributed by atoms with Gasteiger partial charge in [-0.25, -0.2) is 4.98 Å². The number of methoxy groups -OCH3 is 1. The van der Waals surface area contributed by atoms with E-state index in [2.05, 4.69) is 30.4 Å². The van der Waals surface area contributed by atoms with Crippen LogP contribution >= 0.6 is 11.6 Å². The maximum Gasteiger partial charge on any atom is 0.158 e. The molecule has 118 valence electrons. The van der Waals surface area contributed by atoms with Gasteiger partial charge in [-0.1, -0.05) is 13.3 Å². The molecule has 0 N–H and O–H groups in total. The molecule has 0 saturated carbocycles. The average Bonchev–Trinajstić information content (AvgIpc) is 2.91. The fraction of sp³-hybridized carbons (Fsp3) is 0.733. The molecular weight excluding hydrogens is 288 g/mol. The van der Waals surface area contributed by atoms with E-state index < -0.39 is 0 Å². The van der Waals surface area contributed by atoms with Gasteiger partial charge in [-0.2, -0.15) is 5.10 Å². The number of aromatic nitrogens is 4. The van der Waals surface area contributed by atoms with Crippen LogP contribution in [0, 0.1) is 0 Å². The smallest absolute Gasteiger partial charge is 0.158 e. The van der Waals surface area contributed by atoms with Crippen LogP contribution in [0.1, 0.15) is 38.7 Å². The van der Waals surface area contributed by atoms with E-state index >= 15 is 0 Å². The normalized spacial score (nSPS) is 12.5. The largest absolute Gasteiger partial charge is 0.377 e. The van der Waals surface area contributed by atoms with Gasteiger partial charge in [-0.15, -0.1) is 11.6 Å². The Labute approximate surface area is 131 Å². The molecular formula is C15H25ClN4O. The molecule has 0 aliphatic heterocycles. The molecule has 2 rings (SSSR count). The molecule has 0 aliphatic carbocycles. The highest BCUT2D eigenvalue weighted by Crippen LogP contribution is 2.24. The maximum absolute atomic E-state index is 5.94. The molecule has 0 spiro atoms. The van der Waals surface area contributed by atoms with Crippen molar-refractivity contribution in [3.05, 3.63) is 11.5 Å². The van der Waals surface area contributed by atoms with Crippen molar-refractivity contribution in [2.45, 2.75) is 52.2 Å². The van der Waals surface area contributed by atoms with E-state index in [-0.39, 0.29) is 5.60 Å². The highest BCUT2D eigenvalue weighted by Gasteiger charge is 2.24. The highest BCUT2D eigenvalue weighted by molar-refractivity contribution is 6.17. The van der Waals surface area contributed by atoms with E-state index in [4.69, 9.17) is 21.3 Å². The van der Waals surface area contributed by atoms with E-state index in [9.17, 15) is 0 Å². The van der Waals surface area contributed by atoms with Crippen LogP contribution in [0.25, 0.3) is 11.2 Å². The molecule has 6 heteroatoms. The first-order chi connectivity index (χ1) is 9.93. The summed E-state index contributed by atoms with van der Waals surface area (Å²) in [4.78, 5) is 4.80. The van der Waals surface area contributed by atoms with Crippen molar-refractivity contribution in [2.24, 2.45) is 7.05 Å². The van der Waals surface area contributed by atoms with Gasteiger partial charge in [-0.3, -0.25) is 4.68 Å². The average molecular weight is 313 g/mol. The third-order valence-corrected chi connectivity index (χ3v) is 3.96. The second-order valence-electron chi connectivity index (χ2n) is 6.01. The van der Waals surface area contributed by atoms with Gasteiger partial charge in [0.2, 0.25) is 0 Å². The van der Waals surface area contributed by atoms with Gasteiger partial charge in [0.15, 0.2) is 5.65 Å². The lowest BCUT2D eigenvalue weighted by Crippen LogP contribution is -2.30. The lowest BCUT2D eigenvalue weighted by atomic mass is 10.1. The van der Waals surface area contributed by atoms with Crippen LogP contribution in [0.15, 0.2) is 0 Å². The summed E-state index contributed by atoms with van der Waals surface area (Å²) in [5.74, 6) is 1.57. The van der Waals surface area contributed by atoms with Crippen molar-refractivity contribution in [1.82, 2.24) is 19.3 Å². The molecule has 0 saturated heterocycles. The zero-order valence-electron chi connectivity index (χ0n) is 13.6. The first-order valence-electron chi connectivity index (χ1n) is 7.45. The fourth-order valence-electron chi connectivity index (χ4n) is 2.58. The number of ether oxygens (including phenoxy) is 1. The Morgan fingerprint density at radius 2 is 2.00 bits per heavy atom. The SMILES string of the molecule is CCCc1nn(C)c2c1nc(CCCl)n2CC(C)(C)OC. The van der Waals surface area contributed by atoms with Crippen LogP contribution < -0.4 is 0 Å². The number of imidazole rings is 1. The molecule has 5 nitrogen and oxygen atoms in total. The Balaban J connectivity index is 2.56. The summed E-state index contributed by atoms with van der Waals surface area (Å²) in [6.45, 7) is 7.04. The number of fused-ring (bicyclic) bond motifs is 1. The third kappa shape index (κ3) is 3.24. The van der Waals surface area contributed by atoms with Crippen molar-refractivity contribution < 1.29 is 4.74 Å². The van der Waals surface area contributed by atoms with E-state index in [1.165, 1.54) is 0 Å². The minimum atomic E-state index is -0.260. The number of nitrogens with zero attached hydrogens (tertiary/aromatic N) is 4. The van der Waals surface area contributed by atoms with Gasteiger partial charge in [0.05, 0.1) is 17.8 Å². The summed E-state index contributed by atoms with van der Waals surface area (Å²) < 4.78 is 9.71. The Bertz CT molecular complexity index is 615. The number of hydrogen-bond acceptors (Lipinski definition) is 3. The van der Waals surface area contributed by atoms with Crippen LogP contribution in [-0.2, 0) is 31.2 Å². The van der Waals surface area contributed by atoms with Crippen molar-refractivity contribution in [1.29, 1.82) is 0 Å². The number of halogens is 1. The molecule has 0 bridgehead atoms. The molecule has 2 heterocycles. The second kappa shape index (κ2) is 6.36. The molecule has 2 aromatic heterocycles. The molecule has 0 aromatic carbocycles. The van der Waals surface area contributed by atoms with Crippen molar-refractivity contribution in [3.63, 3.8) is 0 Å². The monoisotopic (exact) mass is 312 g/mol. The van der Waals surface area contributed by atoms with Crippen molar-refractivity contribution in [3.8, 4) is 0 Å². The van der Waals surface area contributed by atoms with Gasteiger partial charge in [0, 0.05) is 26.5 Å². The summed E-state index contributed by atoms with van der Waals surface area (Å²) in [6, 6.07) is 0. The predicted octanol–water partition coefficient (Wildman–Crippen LogP) is 2.93. The van der Waals surface area contributed by atoms with Crippen LogP contribution in [0.2, 0.25) is 0 Å². The van der Waals surface area contributed by atoms with Crippen molar-refractivity contribution >= 4 is 22.8 Å². The Morgan fingerprint density at radius 3 is 2.57 bits per heavy atom. The number of aryl methyl sites for hydroxylation is 3. The van der Waals surface area contributed by atoms with E-state index in [1.807, 2.05) is 11.7 Å². The number of rotatable bonds is 7. The van der Waals surface area contributed by atoms with Crippen LogP contribution in [0.3, 0.4) is 0 Å². The Morgan fingerprint density at radius 1 is 1.29 bits per heavy atom. The van der Waals surface area contributed by atoms with E-state index in [0.29, 0.717) is 5.88 Å². The molecule has 2 aromatic rings. The summed E-state index contributed by atoms with van der Waals surface area (Å²) in [5, 5.41) is 4.62. The molecule has 0 atom stereocenters. The number of alkyl halides is 1. The minimum Gasteiger partial charge on any atom is -0.377 e. The summed E-state index contributed by atoms with van der Waals surface area (Å²) in [5.41, 5.74) is 2.87. The predicted molar refractivity (Wildman–Crippen MR) is 86.0 cm³/mol. The Hall–Kier alpha value is -1.07. The standard InChI is InChI=1S/C15H25ClN4O/c1-6-7-11-13-14(19(4)18-11)20(10-15(2,3)21-5)12(17-13)8-9-16/h6-10H2,1-5H3. The van der Waals surface area contributed by atoms with Crippen LogP contribution in [0.4, 0.5) is 0 Å². The topological polar surface area (TPSA) is 44.9 Å². The van der Waals surface area contributed by atoms with Gasteiger partial charge in [0.1, 0.15) is 11.3 Å². The zero-order chi connectivity index (χ0) is 15.6. The zero-order valence-corrected chi connectivity index (χ0v) is 14.4. The highest BCUT2D eigenvalue weighted by atomic mass is 35.5. The van der Waals surface area contributed by atoms with Gasteiger partial charge in [-0.05, 0) is 20.3 Å². The quantitative estimate of drug-likeness (QED) is 0.738. The summed E-state index contributed by atoms with van der Waals surface area (Å²) >= 11 is 5.94. The molecule has 21 heavy (non-hydrogen) atoms. The van der Waals surface area contributed by atoms with Crippen molar-refractivity contribution in [2.75, 3.05) is 13.0 Å². The van der Waals surface area contributed by atoms with Crippen LogP contribution in [-0.4, -0.2) is 37.9 Å². The minimum absolute atomic E-state index is 0.260. The summed E-state index contributed by atoms with van der Waals surface area (Å²) in [7, 11) is 3.71. The molecule has 0 radical (unpaired) electrons. The third-order valence-electron chi connectivity index (χ3n) is 3.77. The van der Waals surface area contributed by atoms with Gasteiger partial charge in [0.25, 0.3) is 0 Å². The van der Waals surface area contributed by atoms with Gasteiger partial charge < -0.3 is 9.30 Å². The first-order valence-corrected chi connectivity index (χ1v) is 7.99. The number of hydrogen-bond donors (Lipinski definition) is 0. The molecule has 0 fully saturated rings. The maximum atomic E-state index is 5.94.